The summed E-state index contributed by atoms with van der Waals surface area (Å²) < 4.78 is 38.4. The largest absolute Gasteiger partial charge is 0.449 e. The molecule has 2 aromatic rings. The number of carbonyl (C=O) groups excluding carboxylic acids is 2. The lowest BCUT2D eigenvalue weighted by Gasteiger charge is -2.36. The highest BCUT2D eigenvalue weighted by Gasteiger charge is 2.35. The van der Waals surface area contributed by atoms with Crippen LogP contribution in [0, 0.1) is 0 Å². The van der Waals surface area contributed by atoms with Crippen molar-refractivity contribution < 1.29 is 22.8 Å². The van der Waals surface area contributed by atoms with Crippen molar-refractivity contribution in [1.82, 2.24) is 19.8 Å². The topological polar surface area (TPSA) is 81.3 Å². The number of fused-ring (bicyclic) bond motifs is 1. The van der Waals surface area contributed by atoms with Gasteiger partial charge in [0.15, 0.2) is 0 Å². The number of hydrogen-bond donors (Lipinski definition) is 2. The first-order chi connectivity index (χ1) is 14.3. The van der Waals surface area contributed by atoms with Gasteiger partial charge < -0.3 is 15.2 Å². The average Bonchev–Trinajstić information content (AvgIpc) is 3.37. The Hall–Kier alpha value is -2.62. The van der Waals surface area contributed by atoms with Crippen LogP contribution in [0.15, 0.2) is 18.2 Å². The van der Waals surface area contributed by atoms with Gasteiger partial charge in [0, 0.05) is 18.8 Å². The normalized spacial score (nSPS) is 20.6. The minimum absolute atomic E-state index is 0.0685. The Morgan fingerprint density at radius 2 is 1.87 bits per heavy atom. The van der Waals surface area contributed by atoms with Gasteiger partial charge in [-0.1, -0.05) is 6.42 Å². The Morgan fingerprint density at radius 1 is 1.13 bits per heavy atom. The molecule has 2 N–H and O–H groups in total. The van der Waals surface area contributed by atoms with E-state index >= 15 is 0 Å². The zero-order valence-corrected chi connectivity index (χ0v) is 16.5. The summed E-state index contributed by atoms with van der Waals surface area (Å²) in [6.07, 6.45) is 0.102. The van der Waals surface area contributed by atoms with Crippen molar-refractivity contribution in [3.63, 3.8) is 0 Å². The van der Waals surface area contributed by atoms with Crippen LogP contribution in [0.3, 0.4) is 0 Å². The molecule has 0 bridgehead atoms. The van der Waals surface area contributed by atoms with Crippen LogP contribution in [-0.4, -0.2) is 63.8 Å². The van der Waals surface area contributed by atoms with E-state index in [4.69, 9.17) is 0 Å². The number of aromatic nitrogens is 2. The van der Waals surface area contributed by atoms with Crippen LogP contribution in [0.1, 0.15) is 37.9 Å². The number of nitrogens with zero attached hydrogens (tertiary/aromatic N) is 3. The number of alkyl halides is 3. The Labute approximate surface area is 171 Å². The Balaban J connectivity index is 1.42. The van der Waals surface area contributed by atoms with Crippen molar-refractivity contribution in [2.24, 2.45) is 0 Å². The van der Waals surface area contributed by atoms with Gasteiger partial charge in [-0.25, -0.2) is 4.98 Å². The van der Waals surface area contributed by atoms with Crippen LogP contribution in [0.5, 0.6) is 0 Å². The molecular weight excluding hydrogens is 399 g/mol. The number of aromatic amines is 1. The fourth-order valence-electron chi connectivity index (χ4n) is 4.21. The summed E-state index contributed by atoms with van der Waals surface area (Å²) in [6.45, 7) is 2.30. The zero-order chi connectivity index (χ0) is 21.3. The molecule has 4 rings (SSSR count). The van der Waals surface area contributed by atoms with E-state index in [1.807, 2.05) is 9.80 Å². The molecular formula is C20H24F3N5O2. The van der Waals surface area contributed by atoms with Gasteiger partial charge in [0.1, 0.15) is 0 Å². The van der Waals surface area contributed by atoms with Crippen LogP contribution in [-0.2, 0) is 15.8 Å². The van der Waals surface area contributed by atoms with Gasteiger partial charge >= 0.3 is 6.18 Å². The van der Waals surface area contributed by atoms with Gasteiger partial charge in [0.05, 0.1) is 23.6 Å². The molecule has 2 saturated heterocycles. The third-order valence-corrected chi connectivity index (χ3v) is 5.70. The predicted molar refractivity (Wildman–Crippen MR) is 105 cm³/mol. The third-order valence-electron chi connectivity index (χ3n) is 5.70. The molecule has 1 aromatic heterocycles. The molecule has 1 aromatic carbocycles. The molecule has 2 aliphatic heterocycles. The molecule has 30 heavy (non-hydrogen) atoms. The van der Waals surface area contributed by atoms with Crippen molar-refractivity contribution >= 4 is 28.5 Å². The average molecular weight is 423 g/mol. The molecule has 162 valence electrons. The van der Waals surface area contributed by atoms with Crippen molar-refractivity contribution in [3.8, 4) is 0 Å². The van der Waals surface area contributed by atoms with E-state index in [1.165, 1.54) is 18.2 Å². The Bertz CT molecular complexity index is 936. The molecule has 10 heteroatoms. The summed E-state index contributed by atoms with van der Waals surface area (Å²) in [7, 11) is 0. The molecule has 0 saturated carbocycles. The number of carbonyl (C=O) groups is 2. The maximum absolute atomic E-state index is 12.8. The SMILES string of the molecule is O=C(CN1CCCCC1C(=O)N1CCCC1)Nc1ccc2nc(C(F)(F)F)[nH]c2c1. The van der Waals surface area contributed by atoms with E-state index in [0.29, 0.717) is 12.2 Å². The highest BCUT2D eigenvalue weighted by Crippen LogP contribution is 2.29. The summed E-state index contributed by atoms with van der Waals surface area (Å²) in [5.41, 5.74) is 0.747. The van der Waals surface area contributed by atoms with E-state index in [9.17, 15) is 22.8 Å². The number of H-pyrrole nitrogens is 1. The third kappa shape index (κ3) is 4.43. The summed E-state index contributed by atoms with van der Waals surface area (Å²) in [5, 5.41) is 2.72. The second-order valence-corrected chi connectivity index (χ2v) is 7.88. The van der Waals surface area contributed by atoms with Gasteiger partial charge in [0.25, 0.3) is 0 Å². The lowest BCUT2D eigenvalue weighted by molar-refractivity contribution is -0.144. The predicted octanol–water partition coefficient (Wildman–Crippen LogP) is 3.00. The number of anilines is 1. The number of piperidine rings is 1. The second kappa shape index (κ2) is 8.25. The fourth-order valence-corrected chi connectivity index (χ4v) is 4.21. The minimum Gasteiger partial charge on any atom is -0.341 e. The van der Waals surface area contributed by atoms with E-state index in [1.54, 1.807) is 0 Å². The molecule has 2 fully saturated rings. The number of halogens is 3. The molecule has 7 nitrogen and oxygen atoms in total. The molecule has 2 amide bonds. The van der Waals surface area contributed by atoms with Crippen molar-refractivity contribution in [2.75, 3.05) is 31.5 Å². The Kier molecular flexibility index (Phi) is 5.68. The summed E-state index contributed by atoms with van der Waals surface area (Å²) >= 11 is 0. The molecule has 0 radical (unpaired) electrons. The molecule has 1 atom stereocenters. The van der Waals surface area contributed by atoms with Gasteiger partial charge in [-0.3, -0.25) is 14.5 Å². The number of hydrogen-bond acceptors (Lipinski definition) is 4. The van der Waals surface area contributed by atoms with Gasteiger partial charge in [-0.2, -0.15) is 13.2 Å². The summed E-state index contributed by atoms with van der Waals surface area (Å²) in [4.78, 5) is 35.0. The van der Waals surface area contributed by atoms with Gasteiger partial charge in [0.2, 0.25) is 17.6 Å². The molecule has 0 spiro atoms. The van der Waals surface area contributed by atoms with Crippen LogP contribution in [0.4, 0.5) is 18.9 Å². The first-order valence-corrected chi connectivity index (χ1v) is 10.2. The van der Waals surface area contributed by atoms with E-state index in [-0.39, 0.29) is 35.4 Å². The quantitative estimate of drug-likeness (QED) is 0.792. The molecule has 3 heterocycles. The number of imidazole rings is 1. The Morgan fingerprint density at radius 3 is 2.60 bits per heavy atom. The van der Waals surface area contributed by atoms with Crippen molar-refractivity contribution in [3.05, 3.63) is 24.0 Å². The van der Waals surface area contributed by atoms with Crippen LogP contribution >= 0.6 is 0 Å². The second-order valence-electron chi connectivity index (χ2n) is 7.88. The highest BCUT2D eigenvalue weighted by molar-refractivity contribution is 5.94. The maximum atomic E-state index is 12.8. The fraction of sp³-hybridized carbons (Fsp3) is 0.550. The lowest BCUT2D eigenvalue weighted by Crippen LogP contribution is -2.52. The monoisotopic (exact) mass is 423 g/mol. The minimum atomic E-state index is -4.56. The van der Waals surface area contributed by atoms with E-state index < -0.39 is 12.0 Å². The van der Waals surface area contributed by atoms with Gasteiger partial charge in [-0.05, 0) is 50.4 Å². The van der Waals surface area contributed by atoms with Crippen molar-refractivity contribution in [2.45, 2.75) is 44.3 Å². The smallest absolute Gasteiger partial charge is 0.341 e. The number of rotatable bonds is 4. The maximum Gasteiger partial charge on any atom is 0.449 e. The molecule has 0 aliphatic carbocycles. The highest BCUT2D eigenvalue weighted by atomic mass is 19.4. The van der Waals surface area contributed by atoms with E-state index in [0.717, 1.165) is 45.2 Å². The molecule has 1 unspecified atom stereocenters. The first kappa shape index (κ1) is 20.6. The van der Waals surface area contributed by atoms with Crippen LogP contribution in [0.2, 0.25) is 0 Å². The zero-order valence-electron chi connectivity index (χ0n) is 16.5. The van der Waals surface area contributed by atoms with Crippen LogP contribution in [0.25, 0.3) is 11.0 Å². The van der Waals surface area contributed by atoms with Gasteiger partial charge in [-0.15, -0.1) is 0 Å². The number of amides is 2. The number of nitrogens with one attached hydrogen (secondary N) is 2. The standard InChI is InChI=1S/C20H24F3N5O2/c21-20(22,23)19-25-14-7-6-13(11-15(14)26-19)24-17(29)12-28-10-2-1-5-16(28)18(30)27-8-3-4-9-27/h6-7,11,16H,1-5,8-10,12H2,(H,24,29)(H,25,26). The van der Waals surface area contributed by atoms with E-state index in [2.05, 4.69) is 15.3 Å². The van der Waals surface area contributed by atoms with Crippen molar-refractivity contribution in [1.29, 1.82) is 0 Å². The van der Waals surface area contributed by atoms with Crippen LogP contribution < -0.4 is 5.32 Å². The number of likely N-dealkylation sites (tertiary alicyclic amines) is 2. The summed E-state index contributed by atoms with van der Waals surface area (Å²) in [6, 6.07) is 4.09. The summed E-state index contributed by atoms with van der Waals surface area (Å²) in [5.74, 6) is -1.28. The first-order valence-electron chi connectivity index (χ1n) is 10.2. The molecule has 2 aliphatic rings. The number of benzene rings is 1. The lowest BCUT2D eigenvalue weighted by atomic mass is 10.0.